The van der Waals surface area contributed by atoms with Gasteiger partial charge in [-0.2, -0.15) is 0 Å². The van der Waals surface area contributed by atoms with Crippen LogP contribution in [-0.4, -0.2) is 56.2 Å². The minimum atomic E-state index is -0.364. The maximum absolute atomic E-state index is 15.1. The number of hydrogen-bond donors (Lipinski definition) is 1. The number of aromatic nitrogens is 1. The van der Waals surface area contributed by atoms with Crippen molar-refractivity contribution < 1.29 is 18.3 Å². The van der Waals surface area contributed by atoms with E-state index in [1.807, 2.05) is 17.0 Å². The smallest absolute Gasteiger partial charge is 0.262 e. The zero-order chi connectivity index (χ0) is 24.2. The normalized spacial score (nSPS) is 20.1. The molecule has 8 heteroatoms. The van der Waals surface area contributed by atoms with Crippen molar-refractivity contribution in [1.82, 2.24) is 9.88 Å². The molecule has 2 aliphatic heterocycles. The first-order valence-electron chi connectivity index (χ1n) is 12.4. The molecule has 3 aromatic rings. The Bertz CT molecular complexity index is 1230. The monoisotopic (exact) mass is 483 g/mol. The van der Waals surface area contributed by atoms with Gasteiger partial charge in [-0.15, -0.1) is 0 Å². The molecule has 2 saturated heterocycles. The fourth-order valence-corrected chi connectivity index (χ4v) is 4.90. The molecule has 2 aromatic carbocycles. The number of anilines is 1. The molecule has 1 N–H and O–H groups in total. The van der Waals surface area contributed by atoms with Gasteiger partial charge in [-0.25, -0.2) is 4.39 Å². The summed E-state index contributed by atoms with van der Waals surface area (Å²) in [6.07, 6.45) is 5.23. The van der Waals surface area contributed by atoms with E-state index in [4.69, 9.17) is 9.47 Å². The van der Waals surface area contributed by atoms with Gasteiger partial charge < -0.3 is 19.7 Å². The Morgan fingerprint density at radius 2 is 2.06 bits per heavy atom. The van der Waals surface area contributed by atoms with Crippen LogP contribution < -0.4 is 20.5 Å². The Morgan fingerprint density at radius 1 is 1.14 bits per heavy atom. The minimum absolute atomic E-state index is 0.126. The van der Waals surface area contributed by atoms with Crippen molar-refractivity contribution in [3.63, 3.8) is 0 Å². The Kier molecular flexibility index (Phi) is 7.29. The molecule has 5 rings (SSSR count). The van der Waals surface area contributed by atoms with E-state index in [2.05, 4.69) is 5.32 Å². The Morgan fingerprint density at radius 3 is 2.86 bits per heavy atom. The second-order valence-electron chi connectivity index (χ2n) is 9.25. The number of fused-ring (bicyclic) bond motifs is 1. The maximum atomic E-state index is 15.1. The lowest BCUT2D eigenvalue weighted by atomic mass is 10.1. The van der Waals surface area contributed by atoms with E-state index in [1.165, 1.54) is 10.6 Å². The number of halogens is 2. The first-order valence-corrected chi connectivity index (χ1v) is 12.4. The molecule has 0 aliphatic carbocycles. The van der Waals surface area contributed by atoms with Crippen LogP contribution in [0.3, 0.4) is 0 Å². The van der Waals surface area contributed by atoms with E-state index in [0.717, 1.165) is 37.8 Å². The summed E-state index contributed by atoms with van der Waals surface area (Å²) >= 11 is 0. The van der Waals surface area contributed by atoms with Crippen LogP contribution in [-0.2, 0) is 4.74 Å². The molecule has 1 unspecified atom stereocenters. The molecule has 0 radical (unpaired) electrons. The van der Waals surface area contributed by atoms with Crippen LogP contribution >= 0.6 is 0 Å². The lowest BCUT2D eigenvalue weighted by Crippen LogP contribution is -2.33. The zero-order valence-corrected chi connectivity index (χ0v) is 19.7. The summed E-state index contributed by atoms with van der Waals surface area (Å²) in [7, 11) is 0. The highest BCUT2D eigenvalue weighted by Crippen LogP contribution is 2.26. The summed E-state index contributed by atoms with van der Waals surface area (Å²) in [4.78, 5) is 15.2. The molecule has 2 fully saturated rings. The number of nitrogens with zero attached hydrogens (tertiary/aromatic N) is 2. The number of alkyl halides is 1. The summed E-state index contributed by atoms with van der Waals surface area (Å²) in [6.45, 7) is 2.98. The molecule has 6 nitrogen and oxygen atoms in total. The Labute approximate surface area is 203 Å². The fourth-order valence-electron chi connectivity index (χ4n) is 4.90. The lowest BCUT2D eigenvalue weighted by Gasteiger charge is -2.20. The van der Waals surface area contributed by atoms with Gasteiger partial charge in [0, 0.05) is 43.4 Å². The molecule has 0 spiro atoms. The standard InChI is InChI=1S/C27H31F2N3O3/c28-10-2-11-30-20-9-12-31(17-20)26-7-4-21(16-25(26)29)32-13-8-19-15-22(5-6-24(19)27(32)33)35-18-23-3-1-14-34-23/h4-8,13,15-16,20,23,30H,1-3,9-12,14,17-18H2/t20?,23-/m1/s1. The van der Waals surface area contributed by atoms with Crippen molar-refractivity contribution in [2.24, 2.45) is 0 Å². The second kappa shape index (κ2) is 10.7. The van der Waals surface area contributed by atoms with Crippen molar-refractivity contribution in [2.45, 2.75) is 37.8 Å². The number of pyridine rings is 1. The van der Waals surface area contributed by atoms with Gasteiger partial charge in [-0.1, -0.05) is 0 Å². The van der Waals surface area contributed by atoms with Gasteiger partial charge in [0.25, 0.3) is 5.56 Å². The van der Waals surface area contributed by atoms with Crippen LogP contribution in [0.1, 0.15) is 25.7 Å². The van der Waals surface area contributed by atoms with E-state index < -0.39 is 0 Å². The molecular formula is C27H31F2N3O3. The largest absolute Gasteiger partial charge is 0.491 e. The molecular weight excluding hydrogens is 452 g/mol. The molecule has 0 saturated carbocycles. The van der Waals surface area contributed by atoms with Gasteiger partial charge in [0.15, 0.2) is 0 Å². The van der Waals surface area contributed by atoms with Gasteiger partial charge in [-0.05, 0) is 74.0 Å². The predicted octanol–water partition coefficient (Wildman–Crippen LogP) is 4.22. The highest BCUT2D eigenvalue weighted by molar-refractivity contribution is 5.83. The predicted molar refractivity (Wildman–Crippen MR) is 133 cm³/mol. The van der Waals surface area contributed by atoms with Gasteiger partial charge in [0.1, 0.15) is 18.2 Å². The van der Waals surface area contributed by atoms with E-state index in [9.17, 15) is 9.18 Å². The van der Waals surface area contributed by atoms with Crippen molar-refractivity contribution in [2.75, 3.05) is 44.4 Å². The molecule has 2 aliphatic rings. The fraction of sp³-hybridized carbons (Fsp3) is 0.444. The first-order chi connectivity index (χ1) is 17.1. The Balaban J connectivity index is 1.30. The topological polar surface area (TPSA) is 55.7 Å². The first kappa shape index (κ1) is 23.8. The highest BCUT2D eigenvalue weighted by Gasteiger charge is 2.24. The minimum Gasteiger partial charge on any atom is -0.491 e. The van der Waals surface area contributed by atoms with Crippen molar-refractivity contribution in [3.05, 3.63) is 64.8 Å². The van der Waals surface area contributed by atoms with Gasteiger partial charge in [0.05, 0.1) is 24.2 Å². The summed E-state index contributed by atoms with van der Waals surface area (Å²) in [5.41, 5.74) is 0.790. The third kappa shape index (κ3) is 5.33. The molecule has 0 bridgehead atoms. The lowest BCUT2D eigenvalue weighted by molar-refractivity contribution is 0.0680. The average molecular weight is 484 g/mol. The summed E-state index contributed by atoms with van der Waals surface area (Å²) in [5.74, 6) is 0.334. The van der Waals surface area contributed by atoms with Gasteiger partial charge in [0.2, 0.25) is 0 Å². The molecule has 0 amide bonds. The molecule has 2 atom stereocenters. The number of hydrogen-bond acceptors (Lipinski definition) is 5. The van der Waals surface area contributed by atoms with Crippen LogP contribution in [0, 0.1) is 5.82 Å². The van der Waals surface area contributed by atoms with Gasteiger partial charge >= 0.3 is 0 Å². The van der Waals surface area contributed by atoms with E-state index >= 15 is 4.39 Å². The number of ether oxygens (including phenoxy) is 2. The molecule has 186 valence electrons. The van der Waals surface area contributed by atoms with Crippen molar-refractivity contribution in [1.29, 1.82) is 0 Å². The summed E-state index contributed by atoms with van der Waals surface area (Å²) in [6, 6.07) is 12.4. The van der Waals surface area contributed by atoms with Crippen LogP contribution in [0.25, 0.3) is 16.5 Å². The molecule has 35 heavy (non-hydrogen) atoms. The van der Waals surface area contributed by atoms with Crippen LogP contribution in [0.4, 0.5) is 14.5 Å². The quantitative estimate of drug-likeness (QED) is 0.462. The third-order valence-corrected chi connectivity index (χ3v) is 6.82. The molecule has 3 heterocycles. The van der Waals surface area contributed by atoms with Gasteiger partial charge in [-0.3, -0.25) is 13.8 Å². The molecule has 1 aromatic heterocycles. The van der Waals surface area contributed by atoms with Crippen molar-refractivity contribution in [3.8, 4) is 11.4 Å². The third-order valence-electron chi connectivity index (χ3n) is 6.82. The summed E-state index contributed by atoms with van der Waals surface area (Å²) in [5, 5.41) is 4.64. The SMILES string of the molecule is O=c1c2ccc(OC[C@H]3CCCO3)cc2ccn1-c1ccc(N2CCC(NCCCF)C2)c(F)c1. The van der Waals surface area contributed by atoms with Crippen LogP contribution in [0.2, 0.25) is 0 Å². The number of nitrogens with one attached hydrogen (secondary N) is 1. The van der Waals surface area contributed by atoms with Crippen LogP contribution in [0.15, 0.2) is 53.5 Å². The summed E-state index contributed by atoms with van der Waals surface area (Å²) < 4.78 is 40.3. The number of benzene rings is 2. The number of rotatable bonds is 9. The highest BCUT2D eigenvalue weighted by atomic mass is 19.1. The zero-order valence-electron chi connectivity index (χ0n) is 19.7. The maximum Gasteiger partial charge on any atom is 0.262 e. The van der Waals surface area contributed by atoms with Crippen LogP contribution in [0.5, 0.6) is 5.75 Å². The van der Waals surface area contributed by atoms with Crippen molar-refractivity contribution >= 4 is 16.5 Å². The Hall–Kier alpha value is -2.97. The van der Waals surface area contributed by atoms with E-state index in [-0.39, 0.29) is 30.2 Å². The second-order valence-corrected chi connectivity index (χ2v) is 9.25. The van der Waals surface area contributed by atoms with E-state index in [1.54, 1.807) is 30.5 Å². The van der Waals surface area contributed by atoms with E-state index in [0.29, 0.717) is 48.6 Å². The average Bonchev–Trinajstić information content (AvgIpc) is 3.55.